The van der Waals surface area contributed by atoms with Gasteiger partial charge in [-0.15, -0.1) is 24.0 Å². The minimum Gasteiger partial charge on any atom is -0.357 e. The summed E-state index contributed by atoms with van der Waals surface area (Å²) in [7, 11) is 3.63. The molecule has 1 heterocycles. The van der Waals surface area contributed by atoms with E-state index in [1.165, 1.54) is 12.0 Å². The van der Waals surface area contributed by atoms with E-state index in [9.17, 15) is 4.79 Å². The molecule has 1 saturated heterocycles. The summed E-state index contributed by atoms with van der Waals surface area (Å²) in [6.07, 6.45) is 3.33. The molecule has 2 atom stereocenters. The Morgan fingerprint density at radius 1 is 1.21 bits per heavy atom. The fourth-order valence-electron chi connectivity index (χ4n) is 3.85. The lowest BCUT2D eigenvalue weighted by Gasteiger charge is -2.33. The van der Waals surface area contributed by atoms with Crippen molar-refractivity contribution in [1.29, 1.82) is 0 Å². The number of guanidine groups is 1. The maximum absolute atomic E-state index is 11.9. The van der Waals surface area contributed by atoms with Crippen LogP contribution in [-0.2, 0) is 4.79 Å². The summed E-state index contributed by atoms with van der Waals surface area (Å²) in [6.45, 7) is 6.29. The molecule has 2 aliphatic rings. The fraction of sp³-hybridized carbons (Fsp3) is 0.636. The first-order valence-electron chi connectivity index (χ1n) is 10.6. The zero-order chi connectivity index (χ0) is 19.9. The number of piperidine rings is 1. The average Bonchev–Trinajstić information content (AvgIpc) is 3.48. The first-order valence-corrected chi connectivity index (χ1v) is 10.6. The Bertz CT molecular complexity index is 658. The molecule has 2 unspecified atom stereocenters. The summed E-state index contributed by atoms with van der Waals surface area (Å²) < 4.78 is 0. The molecule has 6 nitrogen and oxygen atoms in total. The lowest BCUT2D eigenvalue weighted by molar-refractivity contribution is -0.130. The Morgan fingerprint density at radius 2 is 1.90 bits per heavy atom. The minimum atomic E-state index is 0. The minimum absolute atomic E-state index is 0. The van der Waals surface area contributed by atoms with Gasteiger partial charge in [0, 0.05) is 46.3 Å². The normalized spacial score (nSPS) is 22.5. The van der Waals surface area contributed by atoms with Gasteiger partial charge >= 0.3 is 0 Å². The second kappa shape index (κ2) is 11.7. The van der Waals surface area contributed by atoms with Crippen LogP contribution in [0.5, 0.6) is 0 Å². The molecule has 1 saturated carbocycles. The van der Waals surface area contributed by atoms with Crippen LogP contribution in [0.3, 0.4) is 0 Å². The van der Waals surface area contributed by atoms with Crippen LogP contribution in [0.2, 0.25) is 0 Å². The van der Waals surface area contributed by atoms with Crippen LogP contribution in [-0.4, -0.2) is 74.5 Å². The highest BCUT2D eigenvalue weighted by atomic mass is 127. The van der Waals surface area contributed by atoms with Crippen molar-refractivity contribution in [3.8, 4) is 0 Å². The number of benzene rings is 1. The van der Waals surface area contributed by atoms with Crippen molar-refractivity contribution in [2.75, 3.05) is 46.8 Å². The van der Waals surface area contributed by atoms with Crippen LogP contribution < -0.4 is 10.6 Å². The molecule has 2 N–H and O–H groups in total. The zero-order valence-electron chi connectivity index (χ0n) is 17.9. The van der Waals surface area contributed by atoms with E-state index < -0.39 is 0 Å². The monoisotopic (exact) mass is 513 g/mol. The predicted molar refractivity (Wildman–Crippen MR) is 130 cm³/mol. The van der Waals surface area contributed by atoms with Crippen molar-refractivity contribution in [3.05, 3.63) is 35.9 Å². The van der Waals surface area contributed by atoms with Crippen molar-refractivity contribution in [1.82, 2.24) is 20.4 Å². The number of likely N-dealkylation sites (tertiary alicyclic amines) is 1. The van der Waals surface area contributed by atoms with E-state index in [0.29, 0.717) is 24.4 Å². The van der Waals surface area contributed by atoms with Crippen molar-refractivity contribution in [3.63, 3.8) is 0 Å². The van der Waals surface area contributed by atoms with Crippen LogP contribution in [0.4, 0.5) is 0 Å². The molecular weight excluding hydrogens is 477 g/mol. The number of nitrogens with one attached hydrogen (secondary N) is 2. The molecule has 1 aromatic carbocycles. The van der Waals surface area contributed by atoms with Gasteiger partial charge in [0.1, 0.15) is 0 Å². The Hall–Kier alpha value is -1.35. The van der Waals surface area contributed by atoms with E-state index in [0.717, 1.165) is 45.0 Å². The quantitative estimate of drug-likeness (QED) is 0.334. The summed E-state index contributed by atoms with van der Waals surface area (Å²) in [4.78, 5) is 20.7. The molecule has 1 amide bonds. The van der Waals surface area contributed by atoms with Crippen LogP contribution >= 0.6 is 24.0 Å². The van der Waals surface area contributed by atoms with Gasteiger partial charge in [-0.2, -0.15) is 0 Å². The van der Waals surface area contributed by atoms with Gasteiger partial charge in [-0.25, -0.2) is 0 Å². The van der Waals surface area contributed by atoms with Crippen LogP contribution in [0.1, 0.15) is 37.7 Å². The number of aliphatic imine (C=N–C) groups is 1. The SMILES string of the molecule is CCNC(=NCC1CC1c1ccccc1)NC1CCN(CC(=O)N(C)C)CC1.I. The standard InChI is InChI=1S/C22H35N5O.HI/c1-4-23-22(24-15-18-14-20(18)17-8-6-5-7-9-17)25-19-10-12-27(13-11-19)16-21(28)26(2)3;/h5-9,18-20H,4,10-16H2,1-3H3,(H2,23,24,25);1H. The Morgan fingerprint density at radius 3 is 2.52 bits per heavy atom. The third-order valence-electron chi connectivity index (χ3n) is 5.76. The maximum atomic E-state index is 11.9. The average molecular weight is 513 g/mol. The fourth-order valence-corrected chi connectivity index (χ4v) is 3.85. The number of carbonyl (C=O) groups excluding carboxylic acids is 1. The molecule has 1 aliphatic carbocycles. The highest BCUT2D eigenvalue weighted by Crippen LogP contribution is 2.47. The maximum Gasteiger partial charge on any atom is 0.236 e. The van der Waals surface area contributed by atoms with Gasteiger partial charge in [-0.3, -0.25) is 14.7 Å². The van der Waals surface area contributed by atoms with E-state index in [1.54, 1.807) is 4.90 Å². The molecule has 0 spiro atoms. The number of carbonyl (C=O) groups is 1. The highest BCUT2D eigenvalue weighted by molar-refractivity contribution is 14.0. The van der Waals surface area contributed by atoms with Gasteiger partial charge < -0.3 is 15.5 Å². The van der Waals surface area contributed by atoms with Crippen LogP contribution in [0, 0.1) is 5.92 Å². The number of rotatable bonds is 7. The summed E-state index contributed by atoms with van der Waals surface area (Å²) in [6, 6.07) is 11.2. The highest BCUT2D eigenvalue weighted by Gasteiger charge is 2.37. The van der Waals surface area contributed by atoms with Crippen LogP contribution in [0.15, 0.2) is 35.3 Å². The third kappa shape index (κ3) is 7.44. The van der Waals surface area contributed by atoms with E-state index >= 15 is 0 Å². The summed E-state index contributed by atoms with van der Waals surface area (Å²) in [5.74, 6) is 2.45. The van der Waals surface area contributed by atoms with Crippen LogP contribution in [0.25, 0.3) is 0 Å². The Kier molecular flexibility index (Phi) is 9.68. The van der Waals surface area contributed by atoms with Gasteiger partial charge in [-0.05, 0) is 43.6 Å². The molecule has 0 bridgehead atoms. The second-order valence-corrected chi connectivity index (χ2v) is 8.22. The molecule has 3 rings (SSSR count). The Labute approximate surface area is 192 Å². The van der Waals surface area contributed by atoms with Gasteiger partial charge in [0.15, 0.2) is 5.96 Å². The van der Waals surface area contributed by atoms with Gasteiger partial charge in [0.2, 0.25) is 5.91 Å². The number of nitrogens with zero attached hydrogens (tertiary/aromatic N) is 3. The van der Waals surface area contributed by atoms with Crippen molar-refractivity contribution in [2.24, 2.45) is 10.9 Å². The summed E-state index contributed by atoms with van der Waals surface area (Å²) in [5, 5.41) is 7.00. The number of hydrogen-bond acceptors (Lipinski definition) is 3. The van der Waals surface area contributed by atoms with Gasteiger partial charge in [0.25, 0.3) is 0 Å². The molecule has 0 radical (unpaired) electrons. The second-order valence-electron chi connectivity index (χ2n) is 8.22. The molecular formula is C22H36IN5O. The van der Waals surface area contributed by atoms with Crippen molar-refractivity contribution < 1.29 is 4.79 Å². The predicted octanol–water partition coefficient (Wildman–Crippen LogP) is 2.52. The van der Waals surface area contributed by atoms with Gasteiger partial charge in [-0.1, -0.05) is 30.3 Å². The molecule has 1 aromatic rings. The number of hydrogen-bond donors (Lipinski definition) is 2. The third-order valence-corrected chi connectivity index (χ3v) is 5.76. The molecule has 29 heavy (non-hydrogen) atoms. The lowest BCUT2D eigenvalue weighted by atomic mass is 10.1. The Balaban J connectivity index is 0.00000300. The molecule has 1 aliphatic heterocycles. The smallest absolute Gasteiger partial charge is 0.236 e. The van der Waals surface area contributed by atoms with E-state index in [-0.39, 0.29) is 29.9 Å². The molecule has 162 valence electrons. The number of amides is 1. The first-order chi connectivity index (χ1) is 13.6. The summed E-state index contributed by atoms with van der Waals surface area (Å²) >= 11 is 0. The van der Waals surface area contributed by atoms with Crippen molar-refractivity contribution >= 4 is 35.8 Å². The first kappa shape index (κ1) is 23.9. The van der Waals surface area contributed by atoms with Crippen molar-refractivity contribution in [2.45, 2.75) is 38.1 Å². The van der Waals surface area contributed by atoms with E-state index in [1.807, 2.05) is 14.1 Å². The van der Waals surface area contributed by atoms with E-state index in [2.05, 4.69) is 52.8 Å². The number of likely N-dealkylation sites (N-methyl/N-ethyl adjacent to an activating group) is 1. The van der Waals surface area contributed by atoms with E-state index in [4.69, 9.17) is 4.99 Å². The molecule has 7 heteroatoms. The lowest BCUT2D eigenvalue weighted by Crippen LogP contribution is -2.50. The summed E-state index contributed by atoms with van der Waals surface area (Å²) in [5.41, 5.74) is 1.44. The molecule has 2 fully saturated rings. The number of halogens is 1. The zero-order valence-corrected chi connectivity index (χ0v) is 20.3. The van der Waals surface area contributed by atoms with Gasteiger partial charge in [0.05, 0.1) is 6.54 Å². The molecule has 0 aromatic heterocycles. The largest absolute Gasteiger partial charge is 0.357 e. The topological polar surface area (TPSA) is 60.0 Å².